The van der Waals surface area contributed by atoms with E-state index in [1.807, 2.05) is 0 Å². The van der Waals surface area contributed by atoms with Crippen molar-refractivity contribution >= 4 is 0 Å². The molecule has 12 heavy (non-hydrogen) atoms. The molecular formula is C9H17NO2. The minimum absolute atomic E-state index is 0.0905. The zero-order valence-electron chi connectivity index (χ0n) is 7.66. The van der Waals surface area contributed by atoms with E-state index < -0.39 is 0 Å². The number of rotatable bonds is 1. The van der Waals surface area contributed by atoms with Crippen molar-refractivity contribution < 1.29 is 9.47 Å². The van der Waals surface area contributed by atoms with Crippen LogP contribution >= 0.6 is 0 Å². The zero-order valence-corrected chi connectivity index (χ0v) is 7.66. The fourth-order valence-corrected chi connectivity index (χ4v) is 2.08. The molecule has 1 atom stereocenters. The highest BCUT2D eigenvalue weighted by Gasteiger charge is 2.29. The summed E-state index contributed by atoms with van der Waals surface area (Å²) < 4.78 is 11.0. The SMILES string of the molecule is CN1CCC[C@H](C2OCCO2)C1. The molecule has 0 N–H and O–H groups in total. The number of nitrogens with zero attached hydrogens (tertiary/aromatic N) is 1. The van der Waals surface area contributed by atoms with Gasteiger partial charge in [0.25, 0.3) is 0 Å². The molecule has 2 heterocycles. The molecule has 3 nitrogen and oxygen atoms in total. The summed E-state index contributed by atoms with van der Waals surface area (Å²) in [5, 5.41) is 0. The highest BCUT2D eigenvalue weighted by Crippen LogP contribution is 2.23. The average molecular weight is 171 g/mol. The van der Waals surface area contributed by atoms with Crippen LogP contribution < -0.4 is 0 Å². The Bertz CT molecular complexity index is 145. The summed E-state index contributed by atoms with van der Waals surface area (Å²) in [4.78, 5) is 2.36. The lowest BCUT2D eigenvalue weighted by Crippen LogP contribution is -2.38. The average Bonchev–Trinajstić information content (AvgIpc) is 2.56. The summed E-state index contributed by atoms with van der Waals surface area (Å²) in [6.45, 7) is 3.92. The van der Waals surface area contributed by atoms with Crippen molar-refractivity contribution in [2.75, 3.05) is 33.4 Å². The predicted molar refractivity (Wildman–Crippen MR) is 45.9 cm³/mol. The van der Waals surface area contributed by atoms with Crippen LogP contribution in [0.1, 0.15) is 12.8 Å². The maximum atomic E-state index is 5.49. The largest absolute Gasteiger partial charge is 0.350 e. The fraction of sp³-hybridized carbons (Fsp3) is 1.00. The Hall–Kier alpha value is -0.120. The van der Waals surface area contributed by atoms with E-state index in [0.717, 1.165) is 19.8 Å². The summed E-state index contributed by atoms with van der Waals surface area (Å²) in [5.74, 6) is 0.603. The first-order valence-electron chi connectivity index (χ1n) is 4.78. The standard InChI is InChI=1S/C9H17NO2/c1-10-4-2-3-8(7-10)9-11-5-6-12-9/h8-9H,2-7H2,1H3/t8-/m0/s1. The topological polar surface area (TPSA) is 21.7 Å². The van der Waals surface area contributed by atoms with E-state index in [2.05, 4.69) is 11.9 Å². The van der Waals surface area contributed by atoms with Gasteiger partial charge in [0.15, 0.2) is 6.29 Å². The maximum absolute atomic E-state index is 5.49. The number of ether oxygens (including phenoxy) is 2. The van der Waals surface area contributed by atoms with E-state index in [4.69, 9.17) is 9.47 Å². The first-order valence-corrected chi connectivity index (χ1v) is 4.78. The van der Waals surface area contributed by atoms with E-state index >= 15 is 0 Å². The third-order valence-electron chi connectivity index (χ3n) is 2.69. The van der Waals surface area contributed by atoms with Crippen molar-refractivity contribution in [2.24, 2.45) is 5.92 Å². The van der Waals surface area contributed by atoms with Crippen LogP contribution in [0.15, 0.2) is 0 Å². The quantitative estimate of drug-likeness (QED) is 0.579. The lowest BCUT2D eigenvalue weighted by atomic mass is 9.98. The monoisotopic (exact) mass is 171 g/mol. The number of hydrogen-bond donors (Lipinski definition) is 0. The predicted octanol–water partition coefficient (Wildman–Crippen LogP) is 0.701. The smallest absolute Gasteiger partial charge is 0.161 e. The molecule has 3 heteroatoms. The lowest BCUT2D eigenvalue weighted by molar-refractivity contribution is -0.0980. The van der Waals surface area contributed by atoms with Gasteiger partial charge < -0.3 is 14.4 Å². The van der Waals surface area contributed by atoms with Crippen LogP contribution in [0.3, 0.4) is 0 Å². The summed E-state index contributed by atoms with van der Waals surface area (Å²) in [6, 6.07) is 0. The van der Waals surface area contributed by atoms with Gasteiger partial charge in [0.2, 0.25) is 0 Å². The second kappa shape index (κ2) is 3.73. The molecule has 0 spiro atoms. The fourth-order valence-electron chi connectivity index (χ4n) is 2.08. The van der Waals surface area contributed by atoms with Gasteiger partial charge in [0.1, 0.15) is 0 Å². The molecule has 70 valence electrons. The van der Waals surface area contributed by atoms with E-state index in [-0.39, 0.29) is 6.29 Å². The van der Waals surface area contributed by atoms with E-state index in [9.17, 15) is 0 Å². The van der Waals surface area contributed by atoms with Gasteiger partial charge in [-0.1, -0.05) is 0 Å². The molecule has 0 amide bonds. The molecular weight excluding hydrogens is 154 g/mol. The Kier molecular flexibility index (Phi) is 2.63. The second-order valence-corrected chi connectivity index (χ2v) is 3.77. The lowest BCUT2D eigenvalue weighted by Gasteiger charge is -2.32. The molecule has 2 aliphatic heterocycles. The molecule has 2 rings (SSSR count). The minimum Gasteiger partial charge on any atom is -0.350 e. The van der Waals surface area contributed by atoms with Gasteiger partial charge >= 0.3 is 0 Å². The summed E-state index contributed by atoms with van der Waals surface area (Å²) in [5.41, 5.74) is 0. The van der Waals surface area contributed by atoms with Gasteiger partial charge in [-0.25, -0.2) is 0 Å². The van der Waals surface area contributed by atoms with Crippen molar-refractivity contribution in [3.05, 3.63) is 0 Å². The molecule has 0 aromatic heterocycles. The molecule has 0 radical (unpaired) electrons. The van der Waals surface area contributed by atoms with Crippen molar-refractivity contribution in [2.45, 2.75) is 19.1 Å². The van der Waals surface area contributed by atoms with Gasteiger partial charge in [0, 0.05) is 12.5 Å². The van der Waals surface area contributed by atoms with Gasteiger partial charge in [-0.3, -0.25) is 0 Å². The Morgan fingerprint density at radius 2 is 2.00 bits per heavy atom. The van der Waals surface area contributed by atoms with Crippen LogP contribution in [0.2, 0.25) is 0 Å². The normalized spacial score (nSPS) is 34.2. The summed E-state index contributed by atoms with van der Waals surface area (Å²) >= 11 is 0. The molecule has 0 bridgehead atoms. The van der Waals surface area contributed by atoms with Gasteiger partial charge in [0.05, 0.1) is 13.2 Å². The van der Waals surface area contributed by atoms with Gasteiger partial charge in [-0.15, -0.1) is 0 Å². The summed E-state index contributed by atoms with van der Waals surface area (Å²) in [6.07, 6.45) is 2.63. The Balaban J connectivity index is 1.85. The van der Waals surface area contributed by atoms with Gasteiger partial charge in [-0.05, 0) is 26.4 Å². The van der Waals surface area contributed by atoms with Gasteiger partial charge in [-0.2, -0.15) is 0 Å². The molecule has 0 aromatic rings. The van der Waals surface area contributed by atoms with E-state index in [1.54, 1.807) is 0 Å². The Morgan fingerprint density at radius 1 is 1.25 bits per heavy atom. The molecule has 0 aliphatic carbocycles. The third kappa shape index (κ3) is 1.79. The van der Waals surface area contributed by atoms with E-state index in [0.29, 0.717) is 5.92 Å². The van der Waals surface area contributed by atoms with Crippen molar-refractivity contribution in [3.63, 3.8) is 0 Å². The highest BCUT2D eigenvalue weighted by molar-refractivity contribution is 4.74. The summed E-state index contributed by atoms with van der Waals surface area (Å²) in [7, 11) is 2.17. The zero-order chi connectivity index (χ0) is 8.39. The van der Waals surface area contributed by atoms with Crippen molar-refractivity contribution in [1.82, 2.24) is 4.90 Å². The molecule has 2 aliphatic rings. The van der Waals surface area contributed by atoms with Crippen molar-refractivity contribution in [3.8, 4) is 0 Å². The van der Waals surface area contributed by atoms with Crippen LogP contribution in [0.4, 0.5) is 0 Å². The molecule has 0 aromatic carbocycles. The number of hydrogen-bond acceptors (Lipinski definition) is 3. The number of piperidine rings is 1. The van der Waals surface area contributed by atoms with Crippen LogP contribution in [0, 0.1) is 5.92 Å². The minimum atomic E-state index is 0.0905. The Morgan fingerprint density at radius 3 is 2.67 bits per heavy atom. The third-order valence-corrected chi connectivity index (χ3v) is 2.69. The second-order valence-electron chi connectivity index (χ2n) is 3.77. The number of likely N-dealkylation sites (tertiary alicyclic amines) is 1. The van der Waals surface area contributed by atoms with Crippen molar-refractivity contribution in [1.29, 1.82) is 0 Å². The van der Waals surface area contributed by atoms with E-state index in [1.165, 1.54) is 19.4 Å². The van der Waals surface area contributed by atoms with Crippen LogP contribution in [0.25, 0.3) is 0 Å². The van der Waals surface area contributed by atoms with Crippen LogP contribution in [0.5, 0.6) is 0 Å². The Labute approximate surface area is 73.6 Å². The first-order chi connectivity index (χ1) is 5.86. The first kappa shape index (κ1) is 8.48. The molecule has 2 fully saturated rings. The maximum Gasteiger partial charge on any atom is 0.161 e. The van der Waals surface area contributed by atoms with Crippen LogP contribution in [-0.2, 0) is 9.47 Å². The molecule has 0 unspecified atom stereocenters. The molecule has 0 saturated carbocycles. The van der Waals surface area contributed by atoms with Crippen LogP contribution in [-0.4, -0.2) is 44.5 Å². The highest BCUT2D eigenvalue weighted by atomic mass is 16.7. The molecule has 2 saturated heterocycles.